The Morgan fingerprint density at radius 3 is 2.57 bits per heavy atom. The van der Waals surface area contributed by atoms with Crippen molar-refractivity contribution in [3.63, 3.8) is 0 Å². The fourth-order valence-corrected chi connectivity index (χ4v) is 1.02. The van der Waals surface area contributed by atoms with Gasteiger partial charge in [-0.05, 0) is 6.07 Å². The quantitative estimate of drug-likeness (QED) is 0.753. The maximum Gasteiger partial charge on any atom is 0.341 e. The highest BCUT2D eigenvalue weighted by molar-refractivity contribution is 6.30. The molecular formula is C7H4ClF2NO3. The van der Waals surface area contributed by atoms with Gasteiger partial charge in [0.15, 0.2) is 0 Å². The molecule has 76 valence electrons. The first kappa shape index (κ1) is 10.6. The molecule has 0 saturated carbocycles. The minimum atomic E-state index is -2.94. The van der Waals surface area contributed by atoms with Crippen molar-refractivity contribution in [2.75, 3.05) is 0 Å². The molecule has 0 spiro atoms. The summed E-state index contributed by atoms with van der Waals surface area (Å²) in [6, 6.07) is 0.595. The Morgan fingerprint density at radius 2 is 2.14 bits per heavy atom. The first-order valence-electron chi connectivity index (χ1n) is 3.34. The molecule has 0 aromatic carbocycles. The second-order valence-electron chi connectivity index (χ2n) is 2.35. The van der Waals surface area contributed by atoms with Crippen LogP contribution in [0.2, 0.25) is 5.15 Å². The molecule has 1 aromatic rings. The van der Waals surface area contributed by atoms with Crippen LogP contribution in [0.1, 0.15) is 22.3 Å². The molecule has 1 rings (SSSR count). The van der Waals surface area contributed by atoms with E-state index in [9.17, 15) is 13.6 Å². The lowest BCUT2D eigenvalue weighted by atomic mass is 10.2. The fraction of sp³-hybridized carbons (Fsp3) is 0.143. The van der Waals surface area contributed by atoms with Gasteiger partial charge in [-0.15, -0.1) is 0 Å². The van der Waals surface area contributed by atoms with Crippen molar-refractivity contribution in [3.8, 4) is 5.88 Å². The Hall–Kier alpha value is -1.43. The highest BCUT2D eigenvalue weighted by Crippen LogP contribution is 2.29. The van der Waals surface area contributed by atoms with Gasteiger partial charge in [-0.3, -0.25) is 0 Å². The first-order chi connectivity index (χ1) is 6.43. The predicted octanol–water partition coefficient (Wildman–Crippen LogP) is 2.08. The monoisotopic (exact) mass is 223 g/mol. The Balaban J connectivity index is 3.34. The number of aromatic nitrogens is 1. The van der Waals surface area contributed by atoms with Crippen molar-refractivity contribution in [3.05, 3.63) is 22.3 Å². The number of rotatable bonds is 2. The van der Waals surface area contributed by atoms with E-state index in [2.05, 4.69) is 4.98 Å². The van der Waals surface area contributed by atoms with Crippen LogP contribution in [0.5, 0.6) is 5.88 Å². The zero-order valence-electron chi connectivity index (χ0n) is 6.54. The summed E-state index contributed by atoms with van der Waals surface area (Å²) in [5.41, 5.74) is -1.42. The average Bonchev–Trinajstić information content (AvgIpc) is 2.02. The van der Waals surface area contributed by atoms with Gasteiger partial charge in [-0.1, -0.05) is 11.6 Å². The highest BCUT2D eigenvalue weighted by atomic mass is 35.5. The van der Waals surface area contributed by atoms with Gasteiger partial charge in [0.2, 0.25) is 5.88 Å². The standard InChI is InChI=1S/C7H4ClF2NO3/c8-4-2(5(9)10)1-3(7(13)14)6(12)11-4/h1,5H,(H,11,12)(H,13,14). The van der Waals surface area contributed by atoms with Gasteiger partial charge in [-0.25, -0.2) is 18.6 Å². The molecule has 0 aliphatic heterocycles. The number of halogens is 3. The predicted molar refractivity (Wildman–Crippen MR) is 42.8 cm³/mol. The van der Waals surface area contributed by atoms with Crippen LogP contribution < -0.4 is 0 Å². The summed E-state index contributed by atoms with van der Waals surface area (Å²) in [6.45, 7) is 0. The van der Waals surface area contributed by atoms with Crippen LogP contribution in [0.25, 0.3) is 0 Å². The zero-order valence-corrected chi connectivity index (χ0v) is 7.29. The average molecular weight is 224 g/mol. The molecule has 0 aliphatic rings. The van der Waals surface area contributed by atoms with Gasteiger partial charge in [0, 0.05) is 0 Å². The Labute approximate surface area is 81.8 Å². The molecule has 0 fully saturated rings. The van der Waals surface area contributed by atoms with Crippen LogP contribution in [0, 0.1) is 0 Å². The number of carbonyl (C=O) groups is 1. The van der Waals surface area contributed by atoms with E-state index in [1.807, 2.05) is 0 Å². The van der Waals surface area contributed by atoms with Crippen molar-refractivity contribution in [2.45, 2.75) is 6.43 Å². The number of pyridine rings is 1. The summed E-state index contributed by atoms with van der Waals surface area (Å²) >= 11 is 5.26. The molecule has 2 N–H and O–H groups in total. The number of alkyl halides is 2. The van der Waals surface area contributed by atoms with E-state index >= 15 is 0 Å². The molecule has 1 heterocycles. The molecular weight excluding hydrogens is 220 g/mol. The Bertz CT molecular complexity index is 383. The number of hydrogen-bond donors (Lipinski definition) is 2. The minimum Gasteiger partial charge on any atom is -0.493 e. The van der Waals surface area contributed by atoms with E-state index in [-0.39, 0.29) is 0 Å². The fourth-order valence-electron chi connectivity index (χ4n) is 0.808. The van der Waals surface area contributed by atoms with Crippen LogP contribution in [-0.4, -0.2) is 21.2 Å². The molecule has 0 amide bonds. The lowest BCUT2D eigenvalue weighted by Gasteiger charge is -2.04. The van der Waals surface area contributed by atoms with Crippen molar-refractivity contribution in [2.24, 2.45) is 0 Å². The maximum absolute atomic E-state index is 12.2. The number of carboxylic acid groups (broad SMARTS) is 1. The third kappa shape index (κ3) is 1.90. The second kappa shape index (κ2) is 3.75. The molecule has 0 unspecified atom stereocenters. The Morgan fingerprint density at radius 1 is 1.57 bits per heavy atom. The third-order valence-corrected chi connectivity index (χ3v) is 1.75. The lowest BCUT2D eigenvalue weighted by Crippen LogP contribution is -2.01. The van der Waals surface area contributed by atoms with E-state index in [0.29, 0.717) is 6.07 Å². The number of carboxylic acids is 1. The van der Waals surface area contributed by atoms with Crippen LogP contribution in [0.3, 0.4) is 0 Å². The van der Waals surface area contributed by atoms with Gasteiger partial charge in [-0.2, -0.15) is 0 Å². The Kier molecular flexibility index (Phi) is 2.85. The summed E-state index contributed by atoms with van der Waals surface area (Å²) in [4.78, 5) is 13.5. The molecule has 1 aromatic heterocycles. The van der Waals surface area contributed by atoms with Crippen LogP contribution in [0.4, 0.5) is 8.78 Å². The van der Waals surface area contributed by atoms with Gasteiger partial charge in [0.1, 0.15) is 10.7 Å². The van der Waals surface area contributed by atoms with Crippen molar-refractivity contribution in [1.29, 1.82) is 0 Å². The highest BCUT2D eigenvalue weighted by Gasteiger charge is 2.20. The number of hydrogen-bond acceptors (Lipinski definition) is 3. The normalized spacial score (nSPS) is 10.6. The second-order valence-corrected chi connectivity index (χ2v) is 2.70. The topological polar surface area (TPSA) is 70.4 Å². The van der Waals surface area contributed by atoms with E-state index in [4.69, 9.17) is 21.8 Å². The summed E-state index contributed by atoms with van der Waals surface area (Å²) in [5.74, 6) is -2.43. The van der Waals surface area contributed by atoms with E-state index < -0.39 is 34.6 Å². The van der Waals surface area contributed by atoms with Crippen molar-refractivity contribution >= 4 is 17.6 Å². The maximum atomic E-state index is 12.2. The molecule has 4 nitrogen and oxygen atoms in total. The first-order valence-corrected chi connectivity index (χ1v) is 3.72. The summed E-state index contributed by atoms with van der Waals surface area (Å²) in [6.07, 6.45) is -2.94. The molecule has 7 heteroatoms. The smallest absolute Gasteiger partial charge is 0.341 e. The van der Waals surface area contributed by atoms with Crippen LogP contribution >= 0.6 is 11.6 Å². The van der Waals surface area contributed by atoms with Crippen LogP contribution in [-0.2, 0) is 0 Å². The number of aromatic carboxylic acids is 1. The molecule has 0 radical (unpaired) electrons. The van der Waals surface area contributed by atoms with Gasteiger partial charge >= 0.3 is 5.97 Å². The SMILES string of the molecule is O=C(O)c1cc(C(F)F)c(Cl)nc1O. The third-order valence-electron chi connectivity index (χ3n) is 1.45. The van der Waals surface area contributed by atoms with E-state index in [1.54, 1.807) is 0 Å². The summed E-state index contributed by atoms with van der Waals surface area (Å²) in [7, 11) is 0. The summed E-state index contributed by atoms with van der Waals surface area (Å²) in [5, 5.41) is 16.8. The molecule has 0 bridgehead atoms. The largest absolute Gasteiger partial charge is 0.493 e. The van der Waals surface area contributed by atoms with Crippen molar-refractivity contribution < 1.29 is 23.8 Å². The van der Waals surface area contributed by atoms with Gasteiger partial charge in [0.05, 0.1) is 5.56 Å². The van der Waals surface area contributed by atoms with E-state index in [1.165, 1.54) is 0 Å². The van der Waals surface area contributed by atoms with Gasteiger partial charge in [0.25, 0.3) is 6.43 Å². The molecule has 14 heavy (non-hydrogen) atoms. The molecule has 0 aliphatic carbocycles. The molecule has 0 atom stereocenters. The number of nitrogens with zero attached hydrogens (tertiary/aromatic N) is 1. The van der Waals surface area contributed by atoms with E-state index in [0.717, 1.165) is 0 Å². The minimum absolute atomic E-state index is 0.595. The van der Waals surface area contributed by atoms with Crippen LogP contribution in [0.15, 0.2) is 6.07 Å². The zero-order chi connectivity index (χ0) is 10.9. The van der Waals surface area contributed by atoms with Crippen molar-refractivity contribution in [1.82, 2.24) is 4.98 Å². The molecule has 0 saturated heterocycles. The number of aromatic hydroxyl groups is 1. The summed E-state index contributed by atoms with van der Waals surface area (Å²) < 4.78 is 24.4. The van der Waals surface area contributed by atoms with Gasteiger partial charge < -0.3 is 10.2 Å². The lowest BCUT2D eigenvalue weighted by molar-refractivity contribution is 0.0692.